The third kappa shape index (κ3) is 5.62. The van der Waals surface area contributed by atoms with Crippen molar-refractivity contribution in [3.63, 3.8) is 0 Å². The number of carbonyl (C=O) groups excluding carboxylic acids is 1. The maximum absolute atomic E-state index is 12.4. The van der Waals surface area contributed by atoms with Gasteiger partial charge < -0.3 is 14.6 Å². The van der Waals surface area contributed by atoms with Crippen LogP contribution in [0.1, 0.15) is 33.6 Å². The predicted octanol–water partition coefficient (Wildman–Crippen LogP) is 2.62. The Morgan fingerprint density at radius 2 is 2.07 bits per heavy atom. The highest BCUT2D eigenvalue weighted by molar-refractivity contribution is 5.89. The van der Waals surface area contributed by atoms with Crippen LogP contribution in [-0.2, 0) is 16.1 Å². The molecular formula is C19H25N3O5. The molecule has 0 unspecified atom stereocenters. The summed E-state index contributed by atoms with van der Waals surface area (Å²) in [5.41, 5.74) is -0.507. The second-order valence-electron chi connectivity index (χ2n) is 7.39. The normalized spacial score (nSPS) is 16.5. The number of rotatable bonds is 4. The van der Waals surface area contributed by atoms with E-state index in [0.29, 0.717) is 29.8 Å². The van der Waals surface area contributed by atoms with Crippen molar-refractivity contribution in [3.8, 4) is 0 Å². The Morgan fingerprint density at radius 1 is 1.33 bits per heavy atom. The van der Waals surface area contributed by atoms with Gasteiger partial charge in [-0.15, -0.1) is 0 Å². The van der Waals surface area contributed by atoms with Crippen LogP contribution in [0.5, 0.6) is 0 Å². The second kappa shape index (κ2) is 8.77. The summed E-state index contributed by atoms with van der Waals surface area (Å²) in [5.74, 6) is 0. The number of ether oxygens (including phenoxy) is 1. The zero-order valence-corrected chi connectivity index (χ0v) is 15.8. The number of hydrogen-bond donors (Lipinski definition) is 1. The minimum atomic E-state index is -0.454. The molecule has 0 radical (unpaired) electrons. The second-order valence-corrected chi connectivity index (χ2v) is 7.39. The molecule has 0 amide bonds. The molecule has 8 nitrogen and oxygen atoms in total. The molecule has 1 fully saturated rings. The van der Waals surface area contributed by atoms with Crippen molar-refractivity contribution in [1.29, 1.82) is 0 Å². The van der Waals surface area contributed by atoms with Crippen LogP contribution >= 0.6 is 0 Å². The zero-order chi connectivity index (χ0) is 20.0. The zero-order valence-electron chi connectivity index (χ0n) is 15.8. The molecule has 2 aromatic rings. The van der Waals surface area contributed by atoms with Crippen molar-refractivity contribution in [2.45, 2.75) is 51.8 Å². The molecular weight excluding hydrogens is 350 g/mol. The summed E-state index contributed by atoms with van der Waals surface area (Å²) in [6.45, 7) is 7.51. The first-order valence-corrected chi connectivity index (χ1v) is 8.84. The number of nitrogens with zero attached hydrogens (tertiary/aromatic N) is 2. The number of benzene rings is 1. The van der Waals surface area contributed by atoms with Crippen LogP contribution in [-0.4, -0.2) is 34.2 Å². The third-order valence-corrected chi connectivity index (χ3v) is 4.17. The van der Waals surface area contributed by atoms with Gasteiger partial charge in [0.05, 0.1) is 15.7 Å². The molecule has 8 heteroatoms. The molecule has 1 atom stereocenters. The van der Waals surface area contributed by atoms with Gasteiger partial charge in [-0.3, -0.25) is 19.7 Å². The van der Waals surface area contributed by atoms with Gasteiger partial charge in [0.2, 0.25) is 0 Å². The molecule has 1 aliphatic rings. The van der Waals surface area contributed by atoms with Crippen LogP contribution in [0.3, 0.4) is 0 Å². The van der Waals surface area contributed by atoms with Gasteiger partial charge in [0.15, 0.2) is 0 Å². The van der Waals surface area contributed by atoms with Crippen molar-refractivity contribution in [2.24, 2.45) is 0 Å². The fourth-order valence-electron chi connectivity index (χ4n) is 2.90. The Kier molecular flexibility index (Phi) is 6.68. The average molecular weight is 375 g/mol. The highest BCUT2D eigenvalue weighted by Crippen LogP contribution is 2.22. The standard InChI is InChI=1S/C14H15N3O3.C5H10O2/c18-14-12-4-1-5-13(17(19)20)11(12)6-8-16(14)9-10-3-2-7-15-10;1-5(2,3)7-4-6/h1,4-6,8,10,15H,2-3,7,9H2;4H,1-3H3/t10-;/m0./s1. The molecule has 1 aromatic heterocycles. The van der Waals surface area contributed by atoms with Gasteiger partial charge in [0, 0.05) is 24.8 Å². The molecule has 0 spiro atoms. The van der Waals surface area contributed by atoms with E-state index in [9.17, 15) is 19.7 Å². The smallest absolute Gasteiger partial charge is 0.293 e. The minimum Gasteiger partial charge on any atom is -0.462 e. The SMILES string of the molecule is CC(C)(C)OC=O.O=c1c2cccc([N+](=O)[O-])c2ccn1C[C@@H]1CCCN1. The molecule has 1 aliphatic heterocycles. The summed E-state index contributed by atoms with van der Waals surface area (Å²) < 4.78 is 6.18. The van der Waals surface area contributed by atoms with Crippen molar-refractivity contribution in [1.82, 2.24) is 9.88 Å². The van der Waals surface area contributed by atoms with Gasteiger partial charge in [-0.05, 0) is 52.3 Å². The van der Waals surface area contributed by atoms with E-state index in [4.69, 9.17) is 0 Å². The van der Waals surface area contributed by atoms with Crippen LogP contribution < -0.4 is 10.9 Å². The van der Waals surface area contributed by atoms with Crippen molar-refractivity contribution in [2.75, 3.05) is 6.54 Å². The predicted molar refractivity (Wildman–Crippen MR) is 103 cm³/mol. The molecule has 3 rings (SSSR count). The van der Waals surface area contributed by atoms with Crippen LogP contribution in [0.15, 0.2) is 35.3 Å². The summed E-state index contributed by atoms with van der Waals surface area (Å²) in [6.07, 6.45) is 3.83. The van der Waals surface area contributed by atoms with E-state index in [2.05, 4.69) is 10.1 Å². The van der Waals surface area contributed by atoms with Crippen molar-refractivity contribution < 1.29 is 14.5 Å². The van der Waals surface area contributed by atoms with Gasteiger partial charge in [0.25, 0.3) is 17.7 Å². The van der Waals surface area contributed by atoms with E-state index in [1.54, 1.807) is 29.0 Å². The van der Waals surface area contributed by atoms with Gasteiger partial charge in [-0.2, -0.15) is 0 Å². The Balaban J connectivity index is 0.000000321. The Morgan fingerprint density at radius 3 is 2.59 bits per heavy atom. The third-order valence-electron chi connectivity index (χ3n) is 4.17. The van der Waals surface area contributed by atoms with Crippen molar-refractivity contribution >= 4 is 22.9 Å². The van der Waals surface area contributed by atoms with Crippen LogP contribution in [0.2, 0.25) is 0 Å². The fraction of sp³-hybridized carbons (Fsp3) is 0.474. The summed E-state index contributed by atoms with van der Waals surface area (Å²) >= 11 is 0. The summed E-state index contributed by atoms with van der Waals surface area (Å²) in [6, 6.07) is 6.58. The lowest BCUT2D eigenvalue weighted by Gasteiger charge is -2.14. The van der Waals surface area contributed by atoms with E-state index in [1.165, 1.54) is 6.07 Å². The van der Waals surface area contributed by atoms with Crippen LogP contribution in [0.4, 0.5) is 5.69 Å². The van der Waals surface area contributed by atoms with Gasteiger partial charge in [-0.25, -0.2) is 0 Å². The van der Waals surface area contributed by atoms with Gasteiger partial charge >= 0.3 is 0 Å². The average Bonchev–Trinajstić information content (AvgIpc) is 3.09. The molecule has 0 bridgehead atoms. The van der Waals surface area contributed by atoms with E-state index in [1.807, 2.05) is 20.8 Å². The molecule has 1 aromatic carbocycles. The highest BCUT2D eigenvalue weighted by atomic mass is 16.6. The quantitative estimate of drug-likeness (QED) is 0.500. The Labute approximate surface area is 157 Å². The first-order valence-electron chi connectivity index (χ1n) is 8.84. The number of carbonyl (C=O) groups is 1. The van der Waals surface area contributed by atoms with Crippen LogP contribution in [0, 0.1) is 10.1 Å². The first-order chi connectivity index (χ1) is 12.7. The number of nitrogens with one attached hydrogen (secondary N) is 1. The molecule has 1 N–H and O–H groups in total. The summed E-state index contributed by atoms with van der Waals surface area (Å²) in [5, 5.41) is 15.1. The van der Waals surface area contributed by atoms with Crippen LogP contribution in [0.25, 0.3) is 10.8 Å². The molecule has 1 saturated heterocycles. The Hall–Kier alpha value is -2.74. The number of nitro benzene ring substituents is 1. The Bertz CT molecular complexity index is 864. The largest absolute Gasteiger partial charge is 0.462 e. The van der Waals surface area contributed by atoms with Gasteiger partial charge in [0.1, 0.15) is 5.60 Å². The van der Waals surface area contributed by atoms with Crippen molar-refractivity contribution in [3.05, 3.63) is 50.9 Å². The monoisotopic (exact) mass is 375 g/mol. The van der Waals surface area contributed by atoms with E-state index in [-0.39, 0.29) is 16.8 Å². The number of pyridine rings is 1. The maximum Gasteiger partial charge on any atom is 0.293 e. The highest BCUT2D eigenvalue weighted by Gasteiger charge is 2.17. The molecule has 27 heavy (non-hydrogen) atoms. The molecule has 0 aliphatic carbocycles. The lowest BCUT2D eigenvalue weighted by Crippen LogP contribution is -2.32. The number of aromatic nitrogens is 1. The first kappa shape index (κ1) is 20.6. The molecule has 0 saturated carbocycles. The van der Waals surface area contributed by atoms with E-state index >= 15 is 0 Å². The minimum absolute atomic E-state index is 0.0225. The lowest BCUT2D eigenvalue weighted by molar-refractivity contribution is -0.383. The molecule has 2 heterocycles. The number of non-ortho nitro benzene ring substituents is 1. The van der Waals surface area contributed by atoms with E-state index in [0.717, 1.165) is 19.4 Å². The number of fused-ring (bicyclic) bond motifs is 1. The number of nitro groups is 1. The summed E-state index contributed by atoms with van der Waals surface area (Å²) in [7, 11) is 0. The van der Waals surface area contributed by atoms with E-state index < -0.39 is 4.92 Å². The van der Waals surface area contributed by atoms with Gasteiger partial charge in [-0.1, -0.05) is 6.07 Å². The fourth-order valence-corrected chi connectivity index (χ4v) is 2.90. The number of hydrogen-bond acceptors (Lipinski definition) is 6. The lowest BCUT2D eigenvalue weighted by atomic mass is 10.1. The maximum atomic E-state index is 12.4. The molecule has 146 valence electrons. The summed E-state index contributed by atoms with van der Waals surface area (Å²) in [4.78, 5) is 32.5. The topological polar surface area (TPSA) is 103 Å².